The second kappa shape index (κ2) is 4.77. The Kier molecular flexibility index (Phi) is 2.95. The summed E-state index contributed by atoms with van der Waals surface area (Å²) in [6.45, 7) is 2.62. The number of oxazole rings is 1. The highest BCUT2D eigenvalue weighted by molar-refractivity contribution is 5.73. The van der Waals surface area contributed by atoms with Gasteiger partial charge >= 0.3 is 5.76 Å². The molecule has 3 rings (SSSR count). The molecule has 0 amide bonds. The molecule has 20 heavy (non-hydrogen) atoms. The number of nitrogen functional groups attached to an aromatic ring is 1. The van der Waals surface area contributed by atoms with Crippen molar-refractivity contribution < 1.29 is 4.42 Å². The zero-order chi connectivity index (χ0) is 14.1. The lowest BCUT2D eigenvalue weighted by atomic mass is 10.1. The summed E-state index contributed by atoms with van der Waals surface area (Å²) in [5.74, 6) is -0.437. The van der Waals surface area contributed by atoms with Crippen molar-refractivity contribution in [3.05, 3.63) is 58.1 Å². The van der Waals surface area contributed by atoms with Crippen molar-refractivity contribution in [2.24, 2.45) is 0 Å². The number of rotatable bonds is 3. The fraction of sp³-hybridized carbons (Fsp3) is 0.133. The van der Waals surface area contributed by atoms with Gasteiger partial charge in [0.1, 0.15) is 0 Å². The molecule has 1 aromatic heterocycles. The first kappa shape index (κ1) is 12.3. The number of aromatic amines is 1. The molecule has 0 bridgehead atoms. The van der Waals surface area contributed by atoms with E-state index in [1.807, 2.05) is 43.3 Å². The Balaban J connectivity index is 1.84. The highest BCUT2D eigenvalue weighted by atomic mass is 16.4. The van der Waals surface area contributed by atoms with E-state index in [1.54, 1.807) is 0 Å². The van der Waals surface area contributed by atoms with Gasteiger partial charge in [-0.15, -0.1) is 0 Å². The van der Waals surface area contributed by atoms with Crippen LogP contribution in [0.3, 0.4) is 0 Å². The van der Waals surface area contributed by atoms with Crippen molar-refractivity contribution in [3.8, 4) is 0 Å². The zero-order valence-corrected chi connectivity index (χ0v) is 11.1. The van der Waals surface area contributed by atoms with E-state index >= 15 is 0 Å². The van der Waals surface area contributed by atoms with Crippen LogP contribution in [0.4, 0.5) is 11.4 Å². The Morgan fingerprint density at radius 2 is 2.15 bits per heavy atom. The topological polar surface area (TPSA) is 84.0 Å². The van der Waals surface area contributed by atoms with Crippen molar-refractivity contribution in [2.45, 2.75) is 13.5 Å². The van der Waals surface area contributed by atoms with Gasteiger partial charge in [0, 0.05) is 6.54 Å². The SMILES string of the molecule is Cc1cccc(N)c1NCc1ccc2[nH]c(=O)oc2c1. The van der Waals surface area contributed by atoms with E-state index in [1.165, 1.54) is 0 Å². The first-order chi connectivity index (χ1) is 9.63. The lowest BCUT2D eigenvalue weighted by Crippen LogP contribution is -2.04. The number of hydrogen-bond donors (Lipinski definition) is 3. The third kappa shape index (κ3) is 2.25. The van der Waals surface area contributed by atoms with Crippen LogP contribution in [-0.2, 0) is 6.54 Å². The quantitative estimate of drug-likeness (QED) is 0.638. The highest BCUT2D eigenvalue weighted by Crippen LogP contribution is 2.23. The number of para-hydroxylation sites is 1. The van der Waals surface area contributed by atoms with Crippen LogP contribution in [0.1, 0.15) is 11.1 Å². The van der Waals surface area contributed by atoms with E-state index in [0.29, 0.717) is 17.6 Å². The van der Waals surface area contributed by atoms with Gasteiger partial charge in [-0.2, -0.15) is 0 Å². The van der Waals surface area contributed by atoms with E-state index in [-0.39, 0.29) is 0 Å². The maximum Gasteiger partial charge on any atom is 0.417 e. The van der Waals surface area contributed by atoms with Gasteiger partial charge in [-0.1, -0.05) is 18.2 Å². The van der Waals surface area contributed by atoms with E-state index < -0.39 is 5.76 Å². The largest absolute Gasteiger partial charge is 0.417 e. The van der Waals surface area contributed by atoms with Crippen LogP contribution in [0.15, 0.2) is 45.6 Å². The van der Waals surface area contributed by atoms with Crippen molar-refractivity contribution in [1.82, 2.24) is 4.98 Å². The monoisotopic (exact) mass is 269 g/mol. The van der Waals surface area contributed by atoms with Gasteiger partial charge in [-0.3, -0.25) is 4.98 Å². The minimum atomic E-state index is -0.437. The second-order valence-electron chi connectivity index (χ2n) is 4.74. The maximum absolute atomic E-state index is 11.1. The highest BCUT2D eigenvalue weighted by Gasteiger charge is 2.05. The molecule has 0 fully saturated rings. The molecule has 0 spiro atoms. The number of nitrogens with one attached hydrogen (secondary N) is 2. The minimum absolute atomic E-state index is 0.437. The van der Waals surface area contributed by atoms with Gasteiger partial charge in [-0.25, -0.2) is 4.79 Å². The number of anilines is 2. The molecular formula is C15H15N3O2. The number of nitrogens with two attached hydrogens (primary N) is 1. The first-order valence-corrected chi connectivity index (χ1v) is 6.34. The van der Waals surface area contributed by atoms with Gasteiger partial charge in [0.05, 0.1) is 16.9 Å². The summed E-state index contributed by atoms with van der Waals surface area (Å²) in [5, 5.41) is 3.31. The van der Waals surface area contributed by atoms with Crippen molar-refractivity contribution >= 4 is 22.5 Å². The molecule has 5 nitrogen and oxygen atoms in total. The van der Waals surface area contributed by atoms with Crippen LogP contribution in [0.25, 0.3) is 11.1 Å². The lowest BCUT2D eigenvalue weighted by molar-refractivity contribution is 0.555. The predicted molar refractivity (Wildman–Crippen MR) is 79.8 cm³/mol. The molecule has 0 saturated heterocycles. The van der Waals surface area contributed by atoms with Crippen molar-refractivity contribution in [2.75, 3.05) is 11.1 Å². The molecule has 1 heterocycles. The van der Waals surface area contributed by atoms with Crippen LogP contribution in [0.2, 0.25) is 0 Å². The van der Waals surface area contributed by atoms with Gasteiger partial charge in [0.25, 0.3) is 0 Å². The summed E-state index contributed by atoms with van der Waals surface area (Å²) >= 11 is 0. The van der Waals surface area contributed by atoms with Crippen LogP contribution in [0.5, 0.6) is 0 Å². The number of aryl methyl sites for hydroxylation is 1. The summed E-state index contributed by atoms with van der Waals surface area (Å²) in [4.78, 5) is 13.7. The van der Waals surface area contributed by atoms with Crippen LogP contribution in [0, 0.1) is 6.92 Å². The van der Waals surface area contributed by atoms with E-state index in [9.17, 15) is 4.79 Å². The Labute approximate surface area is 115 Å². The molecule has 2 aromatic carbocycles. The number of benzene rings is 2. The predicted octanol–water partition coefficient (Wildman–Crippen LogP) is 2.62. The zero-order valence-electron chi connectivity index (χ0n) is 11.1. The van der Waals surface area contributed by atoms with Crippen LogP contribution >= 0.6 is 0 Å². The lowest BCUT2D eigenvalue weighted by Gasteiger charge is -2.12. The molecule has 4 N–H and O–H groups in total. The summed E-state index contributed by atoms with van der Waals surface area (Å²) in [6.07, 6.45) is 0. The fourth-order valence-corrected chi connectivity index (χ4v) is 2.22. The van der Waals surface area contributed by atoms with E-state index in [2.05, 4.69) is 10.3 Å². The minimum Gasteiger partial charge on any atom is -0.408 e. The molecular weight excluding hydrogens is 254 g/mol. The number of H-pyrrole nitrogens is 1. The Morgan fingerprint density at radius 1 is 1.30 bits per heavy atom. The Morgan fingerprint density at radius 3 is 2.95 bits per heavy atom. The summed E-state index contributed by atoms with van der Waals surface area (Å²) in [5.41, 5.74) is 11.0. The molecule has 0 saturated carbocycles. The molecule has 0 aliphatic rings. The first-order valence-electron chi connectivity index (χ1n) is 6.34. The fourth-order valence-electron chi connectivity index (χ4n) is 2.22. The number of fused-ring (bicyclic) bond motifs is 1. The van der Waals surface area contributed by atoms with Gasteiger partial charge in [0.15, 0.2) is 5.58 Å². The maximum atomic E-state index is 11.1. The standard InChI is InChI=1S/C15H15N3O2/c1-9-3-2-4-11(16)14(9)17-8-10-5-6-12-13(7-10)20-15(19)18-12/h2-7,17H,8,16H2,1H3,(H,18,19). The molecule has 0 radical (unpaired) electrons. The molecule has 0 aliphatic carbocycles. The Hall–Kier alpha value is -2.69. The Bertz CT molecular complexity index is 797. The average Bonchev–Trinajstić information content (AvgIpc) is 2.77. The molecule has 0 atom stereocenters. The molecule has 3 aromatic rings. The summed E-state index contributed by atoms with van der Waals surface area (Å²) in [6, 6.07) is 11.4. The van der Waals surface area contributed by atoms with Gasteiger partial charge < -0.3 is 15.5 Å². The van der Waals surface area contributed by atoms with Crippen molar-refractivity contribution in [3.63, 3.8) is 0 Å². The number of aromatic nitrogens is 1. The van der Waals surface area contributed by atoms with Crippen LogP contribution in [-0.4, -0.2) is 4.98 Å². The molecule has 5 heteroatoms. The normalized spacial score (nSPS) is 10.8. The average molecular weight is 269 g/mol. The third-order valence-corrected chi connectivity index (χ3v) is 3.26. The van der Waals surface area contributed by atoms with Gasteiger partial charge in [0.2, 0.25) is 0 Å². The van der Waals surface area contributed by atoms with Gasteiger partial charge in [-0.05, 0) is 36.2 Å². The van der Waals surface area contributed by atoms with E-state index in [4.69, 9.17) is 10.2 Å². The van der Waals surface area contributed by atoms with E-state index in [0.717, 1.165) is 22.5 Å². The molecule has 0 unspecified atom stereocenters. The number of hydrogen-bond acceptors (Lipinski definition) is 4. The molecule has 0 aliphatic heterocycles. The summed E-state index contributed by atoms with van der Waals surface area (Å²) in [7, 11) is 0. The summed E-state index contributed by atoms with van der Waals surface area (Å²) < 4.78 is 5.04. The van der Waals surface area contributed by atoms with Crippen molar-refractivity contribution in [1.29, 1.82) is 0 Å². The third-order valence-electron chi connectivity index (χ3n) is 3.26. The van der Waals surface area contributed by atoms with Crippen LogP contribution < -0.4 is 16.8 Å². The second-order valence-corrected chi connectivity index (χ2v) is 4.74. The molecule has 102 valence electrons. The smallest absolute Gasteiger partial charge is 0.408 e.